The van der Waals surface area contributed by atoms with E-state index in [4.69, 9.17) is 23.5 Å². The van der Waals surface area contributed by atoms with Crippen molar-refractivity contribution in [1.29, 1.82) is 0 Å². The van der Waals surface area contributed by atoms with E-state index in [0.717, 1.165) is 24.4 Å². The van der Waals surface area contributed by atoms with Crippen LogP contribution in [0.3, 0.4) is 0 Å². The molecule has 0 unspecified atom stereocenters. The summed E-state index contributed by atoms with van der Waals surface area (Å²) in [5.41, 5.74) is -0.424. The quantitative estimate of drug-likeness (QED) is 0.600. The van der Waals surface area contributed by atoms with Crippen LogP contribution in [0.15, 0.2) is 18.2 Å². The Kier molecular flexibility index (Phi) is 4.61. The van der Waals surface area contributed by atoms with Gasteiger partial charge in [-0.1, -0.05) is 11.6 Å². The van der Waals surface area contributed by atoms with E-state index in [2.05, 4.69) is 3.74 Å². The van der Waals surface area contributed by atoms with Crippen molar-refractivity contribution in [2.45, 2.75) is 6.18 Å². The van der Waals surface area contributed by atoms with Gasteiger partial charge in [0.15, 0.2) is 0 Å². The summed E-state index contributed by atoms with van der Waals surface area (Å²) in [6.07, 6.45) is -4.41. The normalized spacial score (nSPS) is 11.6. The van der Waals surface area contributed by atoms with E-state index in [1.54, 1.807) is 7.05 Å². The first-order valence-corrected chi connectivity index (χ1v) is 5.30. The smallest absolute Gasteiger partial charge is 0.293 e. The summed E-state index contributed by atoms with van der Waals surface area (Å²) >= 11 is 11.5. The van der Waals surface area contributed by atoms with Crippen molar-refractivity contribution >= 4 is 41.4 Å². The van der Waals surface area contributed by atoms with Gasteiger partial charge >= 0.3 is 6.18 Å². The van der Waals surface area contributed by atoms with Gasteiger partial charge in [-0.25, -0.2) is 0 Å². The third-order valence-corrected chi connectivity index (χ3v) is 2.70. The van der Waals surface area contributed by atoms with E-state index in [1.165, 1.54) is 10.4 Å². The van der Waals surface area contributed by atoms with Crippen molar-refractivity contribution in [3.63, 3.8) is 0 Å². The van der Waals surface area contributed by atoms with Gasteiger partial charge in [0, 0.05) is 7.05 Å². The van der Waals surface area contributed by atoms with Crippen LogP contribution < -0.4 is 4.31 Å². The summed E-state index contributed by atoms with van der Waals surface area (Å²) in [6, 6.07) is 3.03. The summed E-state index contributed by atoms with van der Waals surface area (Å²) in [5, 5.41) is -0.0291. The van der Waals surface area contributed by atoms with Crippen LogP contribution >= 0.6 is 35.7 Å². The van der Waals surface area contributed by atoms with Crippen molar-refractivity contribution in [1.82, 2.24) is 0 Å². The van der Waals surface area contributed by atoms with Crippen LogP contribution in [0.25, 0.3) is 0 Å². The molecule has 0 fully saturated rings. The van der Waals surface area contributed by atoms with Gasteiger partial charge in [0.2, 0.25) is 0 Å². The lowest BCUT2D eigenvalue weighted by molar-refractivity contribution is -0.137. The van der Waals surface area contributed by atoms with E-state index >= 15 is 0 Å². The number of hydrogen-bond donors (Lipinski definition) is 0. The van der Waals surface area contributed by atoms with Crippen molar-refractivity contribution < 1.29 is 16.9 Å². The molecule has 2 nitrogen and oxygen atoms in total. The first kappa shape index (κ1) is 13.8. The monoisotopic (exact) mass is 291 g/mol. The maximum absolute atomic E-state index is 12.3. The predicted molar refractivity (Wildman–Crippen MR) is 59.4 cm³/mol. The van der Waals surface area contributed by atoms with E-state index < -0.39 is 11.7 Å². The molecule has 8 heteroatoms. The highest BCUT2D eigenvalue weighted by Gasteiger charge is 2.31. The fourth-order valence-electron chi connectivity index (χ4n) is 1.02. The molecule has 0 N–H and O–H groups in total. The fraction of sp³-hybridized carbons (Fsp3) is 0.250. The lowest BCUT2D eigenvalue weighted by atomic mass is 10.2. The van der Waals surface area contributed by atoms with Crippen LogP contribution in [0.2, 0.25) is 5.02 Å². The van der Waals surface area contributed by atoms with Gasteiger partial charge in [-0.2, -0.15) is 16.9 Å². The van der Waals surface area contributed by atoms with Crippen molar-refractivity contribution in [2.24, 2.45) is 0 Å². The zero-order valence-corrected chi connectivity index (χ0v) is 10.2. The number of nitrogens with zero attached hydrogens (tertiary/aromatic N) is 1. The summed E-state index contributed by atoms with van der Waals surface area (Å²) in [4.78, 5) is 0. The zero-order chi connectivity index (χ0) is 12.3. The average Bonchev–Trinajstić information content (AvgIpc) is 2.16. The highest BCUT2D eigenvalue weighted by Crippen LogP contribution is 2.36. The van der Waals surface area contributed by atoms with Gasteiger partial charge in [0.25, 0.3) is 0 Å². The Balaban J connectivity index is 3.00. The van der Waals surface area contributed by atoms with E-state index in [-0.39, 0.29) is 5.02 Å². The molecule has 16 heavy (non-hydrogen) atoms. The van der Waals surface area contributed by atoms with E-state index in [0.29, 0.717) is 5.69 Å². The fourth-order valence-corrected chi connectivity index (χ4v) is 1.96. The Morgan fingerprint density at radius 2 is 2.00 bits per heavy atom. The number of benzene rings is 1. The van der Waals surface area contributed by atoms with Gasteiger partial charge in [-0.15, -0.1) is 0 Å². The second-order valence-corrected chi connectivity index (χ2v) is 4.41. The molecule has 90 valence electrons. The topological polar surface area (TPSA) is 12.5 Å². The number of rotatable bonds is 3. The summed E-state index contributed by atoms with van der Waals surface area (Å²) in [5.74, 6) is 0. The predicted octanol–water partition coefficient (Wildman–Crippen LogP) is 4.53. The van der Waals surface area contributed by atoms with Crippen molar-refractivity contribution in [2.75, 3.05) is 11.4 Å². The van der Waals surface area contributed by atoms with Crippen LogP contribution in [0, 0.1) is 0 Å². The lowest BCUT2D eigenvalue weighted by Crippen LogP contribution is -2.09. The molecule has 0 aliphatic heterocycles. The number of halogens is 5. The Labute approximate surface area is 105 Å². The standard InChI is InChI=1S/C8H6Cl2F3NOS/c1-14(16-15-10)7-3-2-5(4-6(7)9)8(11,12)13/h2-4H,1H3. The van der Waals surface area contributed by atoms with Crippen LogP contribution in [0.5, 0.6) is 0 Å². The Morgan fingerprint density at radius 3 is 2.44 bits per heavy atom. The summed E-state index contributed by atoms with van der Waals surface area (Å²) < 4.78 is 42.6. The molecule has 0 heterocycles. The van der Waals surface area contributed by atoms with E-state index in [1.807, 2.05) is 0 Å². The molecular weight excluding hydrogens is 286 g/mol. The second-order valence-electron chi connectivity index (χ2n) is 2.80. The average molecular weight is 292 g/mol. The Bertz CT molecular complexity index is 375. The molecule has 0 aromatic heterocycles. The molecule has 1 rings (SSSR count). The third-order valence-electron chi connectivity index (χ3n) is 1.75. The van der Waals surface area contributed by atoms with Crippen LogP contribution in [-0.4, -0.2) is 7.05 Å². The Morgan fingerprint density at radius 1 is 1.38 bits per heavy atom. The molecule has 0 saturated heterocycles. The van der Waals surface area contributed by atoms with Gasteiger partial charge in [-0.05, 0) is 18.2 Å². The van der Waals surface area contributed by atoms with Crippen LogP contribution in [0.1, 0.15) is 5.56 Å². The molecule has 0 atom stereocenters. The first-order chi connectivity index (χ1) is 7.36. The van der Waals surface area contributed by atoms with Gasteiger partial charge < -0.3 is 0 Å². The third kappa shape index (κ3) is 3.35. The molecule has 1 aromatic carbocycles. The number of anilines is 1. The summed E-state index contributed by atoms with van der Waals surface area (Å²) in [6.45, 7) is 0. The van der Waals surface area contributed by atoms with Crippen LogP contribution in [0.4, 0.5) is 18.9 Å². The van der Waals surface area contributed by atoms with Gasteiger partial charge in [0.1, 0.15) is 12.2 Å². The largest absolute Gasteiger partial charge is 0.416 e. The molecule has 1 aromatic rings. The highest BCUT2D eigenvalue weighted by atomic mass is 35.5. The molecule has 0 saturated carbocycles. The second kappa shape index (κ2) is 5.35. The maximum atomic E-state index is 12.3. The van der Waals surface area contributed by atoms with Crippen molar-refractivity contribution in [3.8, 4) is 0 Å². The number of alkyl halides is 3. The molecule has 0 aliphatic carbocycles. The minimum absolute atomic E-state index is 0.0291. The minimum Gasteiger partial charge on any atom is -0.293 e. The molecule has 0 spiro atoms. The highest BCUT2D eigenvalue weighted by molar-refractivity contribution is 7.96. The van der Waals surface area contributed by atoms with E-state index in [9.17, 15) is 13.2 Å². The van der Waals surface area contributed by atoms with Gasteiger partial charge in [0.05, 0.1) is 28.1 Å². The van der Waals surface area contributed by atoms with Crippen LogP contribution in [-0.2, 0) is 9.91 Å². The lowest BCUT2D eigenvalue weighted by Gasteiger charge is -2.17. The maximum Gasteiger partial charge on any atom is 0.416 e. The Hall–Kier alpha value is -0.300. The van der Waals surface area contributed by atoms with Gasteiger partial charge in [-0.3, -0.25) is 4.31 Å². The molecular formula is C8H6Cl2F3NOS. The SMILES string of the molecule is CN(SOCl)c1ccc(C(F)(F)F)cc1Cl. The molecule has 0 aliphatic rings. The molecule has 0 radical (unpaired) electrons. The first-order valence-electron chi connectivity index (χ1n) is 3.92. The molecule has 0 amide bonds. The zero-order valence-electron chi connectivity index (χ0n) is 7.89. The number of hydrogen-bond acceptors (Lipinski definition) is 3. The minimum atomic E-state index is -4.41. The van der Waals surface area contributed by atoms with Crippen molar-refractivity contribution in [3.05, 3.63) is 28.8 Å². The summed E-state index contributed by atoms with van der Waals surface area (Å²) in [7, 11) is 1.56. The molecule has 0 bridgehead atoms.